The average molecular weight is 312 g/mol. The van der Waals surface area contributed by atoms with Crippen molar-refractivity contribution in [2.45, 2.75) is 45.6 Å². The second kappa shape index (κ2) is 6.60. The fraction of sp³-hybridized carbons (Fsp3) is 0.667. The molecule has 0 bridgehead atoms. The van der Waals surface area contributed by atoms with Crippen LogP contribution in [0.5, 0.6) is 0 Å². The van der Waals surface area contributed by atoms with E-state index in [2.05, 4.69) is 9.97 Å². The third-order valence-corrected chi connectivity index (χ3v) is 3.51. The standard InChI is InChI=1S/C15H22ClN3O2/c1-15(2,3)21-14(20)19-6-4-5-11(10-19)7-12-8-17-9-13(16)18-12/h8-9,11H,4-7,10H2,1-3H3/t11-/m1/s1. The van der Waals surface area contributed by atoms with Gasteiger partial charge in [0.2, 0.25) is 0 Å². The molecule has 2 rings (SSSR count). The lowest BCUT2D eigenvalue weighted by molar-refractivity contribution is 0.0165. The molecule has 2 heterocycles. The van der Waals surface area contributed by atoms with Crippen LogP contribution in [0, 0.1) is 5.92 Å². The molecule has 1 amide bonds. The Morgan fingerprint density at radius 3 is 2.90 bits per heavy atom. The molecule has 0 aromatic carbocycles. The number of amides is 1. The summed E-state index contributed by atoms with van der Waals surface area (Å²) in [4.78, 5) is 22.2. The summed E-state index contributed by atoms with van der Waals surface area (Å²) in [5.74, 6) is 0.374. The van der Waals surface area contributed by atoms with Crippen molar-refractivity contribution < 1.29 is 9.53 Å². The van der Waals surface area contributed by atoms with Crippen molar-refractivity contribution in [1.82, 2.24) is 14.9 Å². The van der Waals surface area contributed by atoms with Crippen molar-refractivity contribution in [3.8, 4) is 0 Å². The molecule has 1 aromatic rings. The van der Waals surface area contributed by atoms with E-state index in [0.717, 1.165) is 31.5 Å². The van der Waals surface area contributed by atoms with Gasteiger partial charge in [0.05, 0.1) is 11.9 Å². The minimum atomic E-state index is -0.456. The number of nitrogens with zero attached hydrogens (tertiary/aromatic N) is 3. The van der Waals surface area contributed by atoms with E-state index in [1.807, 2.05) is 20.8 Å². The molecule has 0 spiro atoms. The summed E-state index contributed by atoms with van der Waals surface area (Å²) in [6.45, 7) is 7.10. The Hall–Kier alpha value is -1.36. The van der Waals surface area contributed by atoms with Crippen LogP contribution in [0.2, 0.25) is 5.15 Å². The monoisotopic (exact) mass is 311 g/mol. The fourth-order valence-corrected chi connectivity index (χ4v) is 2.66. The molecule has 6 heteroatoms. The molecule has 0 N–H and O–H groups in total. The summed E-state index contributed by atoms with van der Waals surface area (Å²) >= 11 is 5.86. The number of halogens is 1. The van der Waals surface area contributed by atoms with Gasteiger partial charge in [-0.25, -0.2) is 9.78 Å². The minimum absolute atomic E-state index is 0.232. The predicted octanol–water partition coefficient (Wildman–Crippen LogP) is 3.32. The van der Waals surface area contributed by atoms with Crippen LogP contribution in [-0.4, -0.2) is 39.7 Å². The quantitative estimate of drug-likeness (QED) is 0.840. The van der Waals surface area contributed by atoms with Crippen LogP contribution in [-0.2, 0) is 11.2 Å². The Morgan fingerprint density at radius 1 is 1.48 bits per heavy atom. The van der Waals surface area contributed by atoms with Gasteiger partial charge in [0.25, 0.3) is 0 Å². The Bertz CT molecular complexity index is 502. The van der Waals surface area contributed by atoms with Gasteiger partial charge < -0.3 is 9.64 Å². The zero-order chi connectivity index (χ0) is 15.5. The third kappa shape index (κ3) is 5.16. The SMILES string of the molecule is CC(C)(C)OC(=O)N1CCC[C@H](Cc2cncc(Cl)n2)C1. The van der Waals surface area contributed by atoms with E-state index in [4.69, 9.17) is 16.3 Å². The zero-order valence-corrected chi connectivity index (χ0v) is 13.6. The molecule has 1 fully saturated rings. The summed E-state index contributed by atoms with van der Waals surface area (Å²) in [5, 5.41) is 0.410. The van der Waals surface area contributed by atoms with Gasteiger partial charge in [0, 0.05) is 19.3 Å². The maximum Gasteiger partial charge on any atom is 0.410 e. The second-order valence-corrected chi connectivity index (χ2v) is 6.86. The first-order valence-electron chi connectivity index (χ1n) is 7.28. The lowest BCUT2D eigenvalue weighted by Crippen LogP contribution is -2.43. The molecule has 1 atom stereocenters. The topological polar surface area (TPSA) is 55.3 Å². The molecule has 21 heavy (non-hydrogen) atoms. The largest absolute Gasteiger partial charge is 0.444 e. The Balaban J connectivity index is 1.93. The first kappa shape index (κ1) is 16.0. The molecular weight excluding hydrogens is 290 g/mol. The first-order valence-corrected chi connectivity index (χ1v) is 7.65. The summed E-state index contributed by atoms with van der Waals surface area (Å²) in [6.07, 6.45) is 5.87. The normalized spacial score (nSPS) is 19.4. The number of hydrogen-bond acceptors (Lipinski definition) is 4. The van der Waals surface area contributed by atoms with Gasteiger partial charge in [0.15, 0.2) is 0 Å². The third-order valence-electron chi connectivity index (χ3n) is 3.32. The van der Waals surface area contributed by atoms with Crippen molar-refractivity contribution in [3.63, 3.8) is 0 Å². The summed E-state index contributed by atoms with van der Waals surface area (Å²) < 4.78 is 5.43. The molecule has 5 nitrogen and oxygen atoms in total. The Kier molecular flexibility index (Phi) is 5.04. The minimum Gasteiger partial charge on any atom is -0.444 e. The van der Waals surface area contributed by atoms with Gasteiger partial charge in [-0.05, 0) is 46.0 Å². The number of rotatable bonds is 2. The molecule has 0 aliphatic carbocycles. The van der Waals surface area contributed by atoms with Gasteiger partial charge in [-0.3, -0.25) is 4.98 Å². The predicted molar refractivity (Wildman–Crippen MR) is 81.3 cm³/mol. The molecule has 116 valence electrons. The Labute approximate surface area is 130 Å². The van der Waals surface area contributed by atoms with Crippen LogP contribution >= 0.6 is 11.6 Å². The van der Waals surface area contributed by atoms with Gasteiger partial charge in [0.1, 0.15) is 10.8 Å². The molecule has 0 radical (unpaired) electrons. The molecule has 0 unspecified atom stereocenters. The maximum absolute atomic E-state index is 12.1. The highest BCUT2D eigenvalue weighted by molar-refractivity contribution is 6.29. The zero-order valence-electron chi connectivity index (χ0n) is 12.8. The molecule has 1 aromatic heterocycles. The number of carbonyl (C=O) groups excluding carboxylic acids is 1. The van der Waals surface area contributed by atoms with Crippen molar-refractivity contribution in [3.05, 3.63) is 23.2 Å². The summed E-state index contributed by atoms with van der Waals surface area (Å²) in [5.41, 5.74) is 0.418. The van der Waals surface area contributed by atoms with E-state index < -0.39 is 5.60 Å². The van der Waals surface area contributed by atoms with Gasteiger partial charge in [-0.15, -0.1) is 0 Å². The van der Waals surface area contributed by atoms with E-state index in [1.54, 1.807) is 11.1 Å². The van der Waals surface area contributed by atoms with E-state index >= 15 is 0 Å². The van der Waals surface area contributed by atoms with Crippen LogP contribution in [0.4, 0.5) is 4.79 Å². The Morgan fingerprint density at radius 2 is 2.24 bits per heavy atom. The van der Waals surface area contributed by atoms with Crippen LogP contribution in [0.1, 0.15) is 39.3 Å². The number of likely N-dealkylation sites (tertiary alicyclic amines) is 1. The van der Waals surface area contributed by atoms with Gasteiger partial charge in [-0.2, -0.15) is 0 Å². The molecule has 0 saturated carbocycles. The van der Waals surface area contributed by atoms with Gasteiger partial charge >= 0.3 is 6.09 Å². The highest BCUT2D eigenvalue weighted by Crippen LogP contribution is 2.22. The van der Waals surface area contributed by atoms with Gasteiger partial charge in [-0.1, -0.05) is 11.6 Å². The van der Waals surface area contributed by atoms with Crippen molar-refractivity contribution >= 4 is 17.7 Å². The van der Waals surface area contributed by atoms with E-state index in [9.17, 15) is 4.79 Å². The average Bonchev–Trinajstić information content (AvgIpc) is 2.37. The lowest BCUT2D eigenvalue weighted by Gasteiger charge is -2.34. The van der Waals surface area contributed by atoms with E-state index in [0.29, 0.717) is 17.6 Å². The number of hydrogen-bond donors (Lipinski definition) is 0. The van der Waals surface area contributed by atoms with Crippen LogP contribution in [0.3, 0.4) is 0 Å². The van der Waals surface area contributed by atoms with Crippen molar-refractivity contribution in [2.24, 2.45) is 5.92 Å². The summed E-state index contributed by atoms with van der Waals surface area (Å²) in [7, 11) is 0. The molecule has 1 saturated heterocycles. The number of piperidine rings is 1. The number of ether oxygens (including phenoxy) is 1. The lowest BCUT2D eigenvalue weighted by atomic mass is 9.94. The maximum atomic E-state index is 12.1. The molecular formula is C15H22ClN3O2. The fourth-order valence-electron chi connectivity index (χ4n) is 2.50. The van der Waals surface area contributed by atoms with Crippen LogP contribution in [0.25, 0.3) is 0 Å². The number of aromatic nitrogens is 2. The first-order chi connectivity index (χ1) is 9.83. The highest BCUT2D eigenvalue weighted by Gasteiger charge is 2.27. The van der Waals surface area contributed by atoms with Crippen LogP contribution in [0.15, 0.2) is 12.4 Å². The van der Waals surface area contributed by atoms with E-state index in [1.165, 1.54) is 6.20 Å². The molecule has 1 aliphatic heterocycles. The highest BCUT2D eigenvalue weighted by atomic mass is 35.5. The summed E-state index contributed by atoms with van der Waals surface area (Å²) in [6, 6.07) is 0. The smallest absolute Gasteiger partial charge is 0.410 e. The van der Waals surface area contributed by atoms with E-state index in [-0.39, 0.29) is 6.09 Å². The van der Waals surface area contributed by atoms with Crippen molar-refractivity contribution in [2.75, 3.05) is 13.1 Å². The van der Waals surface area contributed by atoms with Crippen molar-refractivity contribution in [1.29, 1.82) is 0 Å². The second-order valence-electron chi connectivity index (χ2n) is 6.47. The van der Waals surface area contributed by atoms with Crippen LogP contribution < -0.4 is 0 Å². The molecule has 1 aliphatic rings. The number of carbonyl (C=O) groups is 1.